The number of aliphatic hydroxyl groups excluding tert-OH is 1. The van der Waals surface area contributed by atoms with Crippen molar-refractivity contribution in [1.82, 2.24) is 5.32 Å². The van der Waals surface area contributed by atoms with E-state index in [0.717, 1.165) is 17.7 Å². The minimum absolute atomic E-state index is 0.0880. The summed E-state index contributed by atoms with van der Waals surface area (Å²) in [5, 5.41) is 26.1. The van der Waals surface area contributed by atoms with E-state index < -0.39 is 6.10 Å². The van der Waals surface area contributed by atoms with Gasteiger partial charge in [0, 0.05) is 12.1 Å². The summed E-state index contributed by atoms with van der Waals surface area (Å²) in [6.45, 7) is 0.861. The first kappa shape index (κ1) is 18.0. The molecule has 0 spiro atoms. The lowest BCUT2D eigenvalue weighted by atomic mass is 10.0. The molecule has 1 atom stereocenters. The molecule has 2 aromatic rings. The standard InChI is InChI=1S/C19H22N2O5/c1-25-13-4-2-3-12(9-13)7-8-20-10-16(23)14-5-6-15(22)18-19(14)26-11-17(24)21-18/h2-6,9,16,20,22-23H,7-8,10-11H2,1H3,(H,21,24). The number of phenolic OH excluding ortho intramolecular Hbond substituents is 1. The summed E-state index contributed by atoms with van der Waals surface area (Å²) in [6.07, 6.45) is -0.0332. The number of benzene rings is 2. The maximum atomic E-state index is 11.4. The van der Waals surface area contributed by atoms with Crippen molar-refractivity contribution in [3.8, 4) is 17.2 Å². The zero-order chi connectivity index (χ0) is 18.5. The number of amides is 1. The van der Waals surface area contributed by atoms with E-state index in [-0.39, 0.29) is 24.0 Å². The highest BCUT2D eigenvalue weighted by Crippen LogP contribution is 2.41. The first-order valence-corrected chi connectivity index (χ1v) is 8.38. The zero-order valence-corrected chi connectivity index (χ0v) is 14.5. The molecule has 138 valence electrons. The Hall–Kier alpha value is -2.77. The Morgan fingerprint density at radius 2 is 2.19 bits per heavy atom. The third kappa shape index (κ3) is 4.07. The number of carbonyl (C=O) groups is 1. The number of methoxy groups -OCH3 is 1. The van der Waals surface area contributed by atoms with Gasteiger partial charge < -0.3 is 30.3 Å². The second-order valence-corrected chi connectivity index (χ2v) is 6.04. The number of phenols is 1. The molecule has 26 heavy (non-hydrogen) atoms. The summed E-state index contributed by atoms with van der Waals surface area (Å²) in [4.78, 5) is 11.4. The fourth-order valence-corrected chi connectivity index (χ4v) is 2.85. The van der Waals surface area contributed by atoms with E-state index in [4.69, 9.17) is 9.47 Å². The van der Waals surface area contributed by atoms with Gasteiger partial charge in [0.25, 0.3) is 5.91 Å². The molecule has 0 saturated carbocycles. The molecular formula is C19H22N2O5. The topological polar surface area (TPSA) is 100 Å². The van der Waals surface area contributed by atoms with Crippen LogP contribution in [0.5, 0.6) is 17.2 Å². The lowest BCUT2D eigenvalue weighted by molar-refractivity contribution is -0.118. The number of hydrogen-bond donors (Lipinski definition) is 4. The van der Waals surface area contributed by atoms with E-state index >= 15 is 0 Å². The third-order valence-electron chi connectivity index (χ3n) is 4.20. The lowest BCUT2D eigenvalue weighted by Crippen LogP contribution is -2.28. The van der Waals surface area contributed by atoms with Crippen molar-refractivity contribution < 1.29 is 24.5 Å². The van der Waals surface area contributed by atoms with Crippen LogP contribution in [-0.4, -0.2) is 42.9 Å². The van der Waals surface area contributed by atoms with E-state index in [0.29, 0.717) is 24.4 Å². The van der Waals surface area contributed by atoms with Gasteiger partial charge in [0.05, 0.1) is 13.2 Å². The van der Waals surface area contributed by atoms with E-state index in [2.05, 4.69) is 10.6 Å². The van der Waals surface area contributed by atoms with E-state index in [1.54, 1.807) is 13.2 Å². The molecule has 2 aromatic carbocycles. The number of carbonyl (C=O) groups excluding carboxylic acids is 1. The number of hydrogen-bond acceptors (Lipinski definition) is 6. The van der Waals surface area contributed by atoms with Crippen molar-refractivity contribution in [2.75, 3.05) is 32.1 Å². The van der Waals surface area contributed by atoms with Crippen LogP contribution in [0.2, 0.25) is 0 Å². The van der Waals surface area contributed by atoms with Crippen molar-refractivity contribution in [2.45, 2.75) is 12.5 Å². The van der Waals surface area contributed by atoms with Gasteiger partial charge >= 0.3 is 0 Å². The molecule has 1 unspecified atom stereocenters. The van der Waals surface area contributed by atoms with Gasteiger partial charge in [-0.3, -0.25) is 4.79 Å². The maximum absolute atomic E-state index is 11.4. The molecule has 0 bridgehead atoms. The number of ether oxygens (including phenoxy) is 2. The van der Waals surface area contributed by atoms with Gasteiger partial charge in [0.1, 0.15) is 17.2 Å². The molecule has 7 heteroatoms. The summed E-state index contributed by atoms with van der Waals surface area (Å²) >= 11 is 0. The lowest BCUT2D eigenvalue weighted by Gasteiger charge is -2.23. The summed E-state index contributed by atoms with van der Waals surface area (Å²) in [6, 6.07) is 10.9. The minimum atomic E-state index is -0.829. The Balaban J connectivity index is 1.58. The van der Waals surface area contributed by atoms with Crippen molar-refractivity contribution in [3.63, 3.8) is 0 Å². The fourth-order valence-electron chi connectivity index (χ4n) is 2.85. The van der Waals surface area contributed by atoms with Crippen molar-refractivity contribution in [3.05, 3.63) is 47.5 Å². The van der Waals surface area contributed by atoms with Crippen LogP contribution < -0.4 is 20.1 Å². The van der Waals surface area contributed by atoms with Gasteiger partial charge in [-0.1, -0.05) is 12.1 Å². The molecular weight excluding hydrogens is 336 g/mol. The molecule has 0 saturated heterocycles. The van der Waals surface area contributed by atoms with Gasteiger partial charge in [-0.15, -0.1) is 0 Å². The van der Waals surface area contributed by atoms with Gasteiger partial charge in [-0.25, -0.2) is 0 Å². The molecule has 0 fully saturated rings. The Morgan fingerprint density at radius 1 is 1.35 bits per heavy atom. The number of rotatable bonds is 7. The normalized spacial score (nSPS) is 14.2. The van der Waals surface area contributed by atoms with E-state index in [1.807, 2.05) is 24.3 Å². The number of anilines is 1. The van der Waals surface area contributed by atoms with E-state index in [9.17, 15) is 15.0 Å². The van der Waals surface area contributed by atoms with Crippen LogP contribution in [0, 0.1) is 0 Å². The first-order valence-electron chi connectivity index (χ1n) is 8.38. The second kappa shape index (κ2) is 8.07. The zero-order valence-electron chi connectivity index (χ0n) is 14.5. The highest BCUT2D eigenvalue weighted by atomic mass is 16.5. The van der Waals surface area contributed by atoms with Gasteiger partial charge in [0.15, 0.2) is 12.4 Å². The molecule has 0 radical (unpaired) electrons. The van der Waals surface area contributed by atoms with Gasteiger partial charge in [-0.2, -0.15) is 0 Å². The number of aliphatic hydroxyl groups is 1. The quantitative estimate of drug-likeness (QED) is 0.443. The summed E-state index contributed by atoms with van der Waals surface area (Å²) < 4.78 is 10.6. The highest BCUT2D eigenvalue weighted by Gasteiger charge is 2.25. The smallest absolute Gasteiger partial charge is 0.262 e. The van der Waals surface area contributed by atoms with E-state index in [1.165, 1.54) is 6.07 Å². The maximum Gasteiger partial charge on any atom is 0.262 e. The summed E-state index contributed by atoms with van der Waals surface area (Å²) in [5.74, 6) is 0.704. The van der Waals surface area contributed by atoms with Crippen LogP contribution >= 0.6 is 0 Å². The Bertz CT molecular complexity index is 793. The molecule has 1 aliphatic rings. The number of aromatic hydroxyl groups is 1. The van der Waals surface area contributed by atoms with Gasteiger partial charge in [-0.05, 0) is 42.8 Å². The van der Waals surface area contributed by atoms with Crippen LogP contribution in [0.1, 0.15) is 17.2 Å². The molecule has 1 aliphatic heterocycles. The molecule has 1 heterocycles. The Morgan fingerprint density at radius 3 is 3.00 bits per heavy atom. The average molecular weight is 358 g/mol. The van der Waals surface area contributed by atoms with Crippen LogP contribution in [0.15, 0.2) is 36.4 Å². The van der Waals surface area contributed by atoms with Crippen LogP contribution in [0.3, 0.4) is 0 Å². The molecule has 3 rings (SSSR count). The molecule has 4 N–H and O–H groups in total. The van der Waals surface area contributed by atoms with Crippen molar-refractivity contribution in [2.24, 2.45) is 0 Å². The molecule has 0 aliphatic carbocycles. The fraction of sp³-hybridized carbons (Fsp3) is 0.316. The minimum Gasteiger partial charge on any atom is -0.506 e. The Kier molecular flexibility index (Phi) is 5.60. The Labute approximate surface area is 151 Å². The summed E-state index contributed by atoms with van der Waals surface area (Å²) in [5.41, 5.74) is 1.86. The largest absolute Gasteiger partial charge is 0.506 e. The predicted octanol–water partition coefficient (Wildman–Crippen LogP) is 1.60. The van der Waals surface area contributed by atoms with Crippen molar-refractivity contribution in [1.29, 1.82) is 0 Å². The third-order valence-corrected chi connectivity index (χ3v) is 4.20. The van der Waals surface area contributed by atoms with Crippen LogP contribution in [0.4, 0.5) is 5.69 Å². The average Bonchev–Trinajstić information content (AvgIpc) is 2.66. The number of fused-ring (bicyclic) bond motifs is 1. The SMILES string of the molecule is COc1cccc(CCNCC(O)c2ccc(O)c3c2OCC(=O)N3)c1. The first-order chi connectivity index (χ1) is 12.6. The molecule has 0 aromatic heterocycles. The molecule has 1 amide bonds. The van der Waals surface area contributed by atoms with Crippen molar-refractivity contribution >= 4 is 11.6 Å². The monoisotopic (exact) mass is 358 g/mol. The molecule has 7 nitrogen and oxygen atoms in total. The van der Waals surface area contributed by atoms with Gasteiger partial charge in [0.2, 0.25) is 0 Å². The van der Waals surface area contributed by atoms with Crippen LogP contribution in [-0.2, 0) is 11.2 Å². The second-order valence-electron chi connectivity index (χ2n) is 6.04. The predicted molar refractivity (Wildman–Crippen MR) is 96.8 cm³/mol. The number of nitrogens with one attached hydrogen (secondary N) is 2. The summed E-state index contributed by atoms with van der Waals surface area (Å²) in [7, 11) is 1.64. The highest BCUT2D eigenvalue weighted by molar-refractivity contribution is 5.97. The van der Waals surface area contributed by atoms with Crippen LogP contribution in [0.25, 0.3) is 0 Å².